The fourth-order valence-electron chi connectivity index (χ4n) is 2.12. The van der Waals surface area contributed by atoms with Crippen LogP contribution in [-0.2, 0) is 6.54 Å². The first kappa shape index (κ1) is 14.0. The van der Waals surface area contributed by atoms with E-state index in [0.29, 0.717) is 29.5 Å². The Kier molecular flexibility index (Phi) is 3.88. The molecule has 0 aromatic heterocycles. The first-order chi connectivity index (χ1) is 10.2. The lowest BCUT2D eigenvalue weighted by Gasteiger charge is -2.11. The average Bonchev–Trinajstić information content (AvgIpc) is 2.95. The summed E-state index contributed by atoms with van der Waals surface area (Å²) in [6.45, 7) is 0.628. The van der Waals surface area contributed by atoms with Crippen LogP contribution < -0.4 is 19.5 Å². The monoisotopic (exact) mass is 353 g/mol. The van der Waals surface area contributed by atoms with Gasteiger partial charge in [0.15, 0.2) is 11.5 Å². The molecule has 0 unspecified atom stereocenters. The van der Waals surface area contributed by atoms with E-state index in [0.717, 1.165) is 10.0 Å². The van der Waals surface area contributed by atoms with Gasteiger partial charge in [0.1, 0.15) is 5.82 Å². The van der Waals surface area contributed by atoms with Crippen molar-refractivity contribution < 1.29 is 18.6 Å². The van der Waals surface area contributed by atoms with Gasteiger partial charge in [-0.1, -0.05) is 15.9 Å². The fourth-order valence-corrected chi connectivity index (χ4v) is 2.48. The molecule has 2 aromatic carbocycles. The van der Waals surface area contributed by atoms with E-state index >= 15 is 0 Å². The molecule has 4 nitrogen and oxygen atoms in total. The number of fused-ring (bicyclic) bond motifs is 1. The largest absolute Gasteiger partial charge is 0.493 e. The molecule has 0 spiro atoms. The SMILES string of the molecule is COc1cc(CNc2cc(Br)ccc2F)cc2c1OCO2. The third-order valence-electron chi connectivity index (χ3n) is 3.13. The third kappa shape index (κ3) is 2.90. The summed E-state index contributed by atoms with van der Waals surface area (Å²) in [5.41, 5.74) is 1.34. The van der Waals surface area contributed by atoms with Crippen molar-refractivity contribution in [1.82, 2.24) is 0 Å². The quantitative estimate of drug-likeness (QED) is 0.903. The molecule has 1 heterocycles. The number of methoxy groups -OCH3 is 1. The smallest absolute Gasteiger partial charge is 0.231 e. The highest BCUT2D eigenvalue weighted by molar-refractivity contribution is 9.10. The third-order valence-corrected chi connectivity index (χ3v) is 3.62. The predicted octanol–water partition coefficient (Wildman–Crippen LogP) is 3.94. The van der Waals surface area contributed by atoms with Gasteiger partial charge in [-0.15, -0.1) is 0 Å². The van der Waals surface area contributed by atoms with E-state index in [2.05, 4.69) is 21.2 Å². The van der Waals surface area contributed by atoms with Crippen molar-refractivity contribution in [2.45, 2.75) is 6.54 Å². The number of anilines is 1. The van der Waals surface area contributed by atoms with Crippen molar-refractivity contribution in [2.75, 3.05) is 19.2 Å². The highest BCUT2D eigenvalue weighted by atomic mass is 79.9. The Morgan fingerprint density at radius 1 is 1.29 bits per heavy atom. The van der Waals surface area contributed by atoms with E-state index in [1.54, 1.807) is 19.2 Å². The van der Waals surface area contributed by atoms with E-state index in [-0.39, 0.29) is 12.6 Å². The van der Waals surface area contributed by atoms with Gasteiger partial charge in [-0.2, -0.15) is 0 Å². The fraction of sp³-hybridized carbons (Fsp3) is 0.200. The number of halogens is 2. The maximum Gasteiger partial charge on any atom is 0.231 e. The van der Waals surface area contributed by atoms with Crippen LogP contribution in [0, 0.1) is 5.82 Å². The molecule has 1 aliphatic rings. The molecule has 21 heavy (non-hydrogen) atoms. The van der Waals surface area contributed by atoms with Crippen LogP contribution in [0.4, 0.5) is 10.1 Å². The summed E-state index contributed by atoms with van der Waals surface area (Å²) in [5, 5.41) is 3.06. The van der Waals surface area contributed by atoms with Crippen molar-refractivity contribution >= 4 is 21.6 Å². The minimum absolute atomic E-state index is 0.183. The zero-order valence-corrected chi connectivity index (χ0v) is 12.9. The summed E-state index contributed by atoms with van der Waals surface area (Å²) in [4.78, 5) is 0. The maximum atomic E-state index is 13.7. The molecule has 0 bridgehead atoms. The van der Waals surface area contributed by atoms with Gasteiger partial charge in [-0.25, -0.2) is 4.39 Å². The number of nitrogens with one attached hydrogen (secondary N) is 1. The van der Waals surface area contributed by atoms with Gasteiger partial charge in [0.05, 0.1) is 12.8 Å². The van der Waals surface area contributed by atoms with Gasteiger partial charge < -0.3 is 19.5 Å². The van der Waals surface area contributed by atoms with Gasteiger partial charge in [-0.05, 0) is 35.9 Å². The number of hydrogen-bond donors (Lipinski definition) is 1. The van der Waals surface area contributed by atoms with E-state index in [1.807, 2.05) is 12.1 Å². The van der Waals surface area contributed by atoms with Gasteiger partial charge in [0.25, 0.3) is 0 Å². The normalized spacial score (nSPS) is 12.3. The van der Waals surface area contributed by atoms with Crippen LogP contribution >= 0.6 is 15.9 Å². The molecule has 0 saturated heterocycles. The number of ether oxygens (including phenoxy) is 3. The van der Waals surface area contributed by atoms with E-state index in [9.17, 15) is 4.39 Å². The van der Waals surface area contributed by atoms with E-state index in [4.69, 9.17) is 14.2 Å². The zero-order valence-electron chi connectivity index (χ0n) is 11.3. The minimum Gasteiger partial charge on any atom is -0.493 e. The lowest BCUT2D eigenvalue weighted by molar-refractivity contribution is 0.171. The summed E-state index contributed by atoms with van der Waals surface area (Å²) < 4.78 is 30.5. The first-order valence-electron chi connectivity index (χ1n) is 6.33. The lowest BCUT2D eigenvalue weighted by Crippen LogP contribution is -2.02. The van der Waals surface area contributed by atoms with Crippen LogP contribution in [-0.4, -0.2) is 13.9 Å². The number of rotatable bonds is 4. The molecule has 110 valence electrons. The van der Waals surface area contributed by atoms with Gasteiger partial charge in [-0.3, -0.25) is 0 Å². The van der Waals surface area contributed by atoms with Crippen LogP contribution in [0.15, 0.2) is 34.8 Å². The van der Waals surface area contributed by atoms with Crippen LogP contribution in [0.5, 0.6) is 17.2 Å². The topological polar surface area (TPSA) is 39.7 Å². The molecule has 6 heteroatoms. The zero-order chi connectivity index (χ0) is 14.8. The summed E-state index contributed by atoms with van der Waals surface area (Å²) in [5.74, 6) is 1.55. The Balaban J connectivity index is 1.81. The summed E-state index contributed by atoms with van der Waals surface area (Å²) in [7, 11) is 1.57. The summed E-state index contributed by atoms with van der Waals surface area (Å²) in [6.07, 6.45) is 0. The van der Waals surface area contributed by atoms with Gasteiger partial charge in [0.2, 0.25) is 12.5 Å². The van der Waals surface area contributed by atoms with Gasteiger partial charge in [0, 0.05) is 11.0 Å². The van der Waals surface area contributed by atoms with Crippen LogP contribution in [0.2, 0.25) is 0 Å². The second-order valence-corrected chi connectivity index (χ2v) is 5.43. The molecule has 0 saturated carbocycles. The van der Waals surface area contributed by atoms with Crippen molar-refractivity contribution in [3.63, 3.8) is 0 Å². The highest BCUT2D eigenvalue weighted by Gasteiger charge is 2.20. The van der Waals surface area contributed by atoms with Crippen molar-refractivity contribution in [2.24, 2.45) is 0 Å². The Morgan fingerprint density at radius 2 is 2.14 bits per heavy atom. The first-order valence-corrected chi connectivity index (χ1v) is 7.12. The Morgan fingerprint density at radius 3 is 2.95 bits per heavy atom. The molecular formula is C15H13BrFNO3. The molecular weight excluding hydrogens is 341 g/mol. The van der Waals surface area contributed by atoms with E-state index < -0.39 is 0 Å². The molecule has 3 rings (SSSR count). The second-order valence-electron chi connectivity index (χ2n) is 4.51. The second kappa shape index (κ2) is 5.81. The van der Waals surface area contributed by atoms with Crippen molar-refractivity contribution in [3.05, 3.63) is 46.2 Å². The van der Waals surface area contributed by atoms with Crippen LogP contribution in [0.25, 0.3) is 0 Å². The molecule has 1 aliphatic heterocycles. The minimum atomic E-state index is -0.300. The Labute approximate surface area is 130 Å². The molecule has 0 atom stereocenters. The summed E-state index contributed by atoms with van der Waals surface area (Å²) >= 11 is 3.32. The van der Waals surface area contributed by atoms with Gasteiger partial charge >= 0.3 is 0 Å². The number of benzene rings is 2. The standard InChI is InChI=1S/C15H13BrFNO3/c1-19-13-4-9(5-14-15(13)21-8-20-14)7-18-12-6-10(16)2-3-11(12)17/h2-6,18H,7-8H2,1H3. The molecule has 0 aliphatic carbocycles. The predicted molar refractivity (Wildman–Crippen MR) is 80.5 cm³/mol. The summed E-state index contributed by atoms with van der Waals surface area (Å²) in [6, 6.07) is 8.46. The molecule has 0 amide bonds. The molecule has 2 aromatic rings. The molecule has 0 fully saturated rings. The van der Waals surface area contributed by atoms with Crippen LogP contribution in [0.3, 0.4) is 0 Å². The maximum absolute atomic E-state index is 13.7. The number of hydrogen-bond acceptors (Lipinski definition) is 4. The van der Waals surface area contributed by atoms with Crippen molar-refractivity contribution in [3.8, 4) is 17.2 Å². The van der Waals surface area contributed by atoms with Crippen LogP contribution in [0.1, 0.15) is 5.56 Å². The Bertz CT molecular complexity index is 678. The highest BCUT2D eigenvalue weighted by Crippen LogP contribution is 2.41. The lowest BCUT2D eigenvalue weighted by atomic mass is 10.1. The molecule has 1 N–H and O–H groups in total. The Hall–Kier alpha value is -1.95. The van der Waals surface area contributed by atoms with E-state index in [1.165, 1.54) is 6.07 Å². The molecule has 0 radical (unpaired) electrons. The van der Waals surface area contributed by atoms with Crippen molar-refractivity contribution in [1.29, 1.82) is 0 Å². The average molecular weight is 354 g/mol.